The molecule has 1 aliphatic heterocycles. The lowest BCUT2D eigenvalue weighted by molar-refractivity contribution is 0.205. The van der Waals surface area contributed by atoms with E-state index >= 15 is 0 Å². The van der Waals surface area contributed by atoms with Crippen LogP contribution in [-0.2, 0) is 19.4 Å². The number of aromatic nitrogens is 3. The smallest absolute Gasteiger partial charge is 0.230 e. The lowest BCUT2D eigenvalue weighted by Gasteiger charge is -2.35. The first-order valence-corrected chi connectivity index (χ1v) is 10.6. The van der Waals surface area contributed by atoms with Gasteiger partial charge in [-0.15, -0.1) is 5.10 Å². The van der Waals surface area contributed by atoms with Gasteiger partial charge < -0.3 is 5.11 Å². The van der Waals surface area contributed by atoms with Gasteiger partial charge in [-0.2, -0.15) is 4.52 Å². The summed E-state index contributed by atoms with van der Waals surface area (Å²) in [5, 5.41) is 15.4. The number of nitrogens with zero attached hydrogens (tertiary/aromatic N) is 4. The maximum atomic E-state index is 13.6. The Labute approximate surface area is 172 Å². The molecule has 1 atom stereocenters. The fourth-order valence-electron chi connectivity index (χ4n) is 4.03. The number of hydrogen-bond acceptors (Lipinski definition) is 5. The number of rotatable bonds is 4. The molecule has 1 unspecified atom stereocenters. The number of thiazole rings is 1. The zero-order chi connectivity index (χ0) is 20.0. The van der Waals surface area contributed by atoms with Gasteiger partial charge in [0.2, 0.25) is 10.8 Å². The zero-order valence-electron chi connectivity index (χ0n) is 16.0. The van der Waals surface area contributed by atoms with Crippen LogP contribution >= 0.6 is 11.3 Å². The quantitative estimate of drug-likeness (QED) is 0.546. The molecule has 0 bridgehead atoms. The summed E-state index contributed by atoms with van der Waals surface area (Å²) in [5.74, 6) is 0.560. The van der Waals surface area contributed by atoms with Crippen molar-refractivity contribution in [2.45, 2.75) is 32.4 Å². The molecule has 1 N–H and O–H groups in total. The van der Waals surface area contributed by atoms with Crippen molar-refractivity contribution in [3.63, 3.8) is 0 Å². The highest BCUT2D eigenvalue weighted by molar-refractivity contribution is 7.17. The highest BCUT2D eigenvalue weighted by Crippen LogP contribution is 2.41. The molecule has 0 amide bonds. The minimum atomic E-state index is -0.268. The van der Waals surface area contributed by atoms with Crippen LogP contribution < -0.4 is 0 Å². The summed E-state index contributed by atoms with van der Waals surface area (Å²) in [6.45, 7) is 3.61. The molecule has 0 spiro atoms. The summed E-state index contributed by atoms with van der Waals surface area (Å²) in [5.41, 5.74) is 3.60. The fourth-order valence-corrected chi connectivity index (χ4v) is 5.17. The van der Waals surface area contributed by atoms with Crippen LogP contribution in [0.4, 0.5) is 4.39 Å². The van der Waals surface area contributed by atoms with E-state index in [1.165, 1.54) is 39.1 Å². The van der Waals surface area contributed by atoms with E-state index in [4.69, 9.17) is 0 Å². The Kier molecular flexibility index (Phi) is 4.56. The Morgan fingerprint density at radius 2 is 1.90 bits per heavy atom. The van der Waals surface area contributed by atoms with E-state index in [9.17, 15) is 9.50 Å². The molecular formula is C22H21FN4OS. The molecule has 2 aromatic carbocycles. The predicted octanol–water partition coefficient (Wildman–Crippen LogP) is 4.35. The van der Waals surface area contributed by atoms with Crippen LogP contribution in [0.2, 0.25) is 0 Å². The molecule has 148 valence electrons. The number of benzene rings is 2. The number of aromatic hydroxyl groups is 1. The van der Waals surface area contributed by atoms with Gasteiger partial charge in [0.15, 0.2) is 5.82 Å². The number of hydrogen-bond donors (Lipinski definition) is 1. The van der Waals surface area contributed by atoms with E-state index in [1.54, 1.807) is 12.1 Å². The molecule has 3 heterocycles. The van der Waals surface area contributed by atoms with Crippen molar-refractivity contribution in [1.29, 1.82) is 0 Å². The summed E-state index contributed by atoms with van der Waals surface area (Å²) in [4.78, 5) is 8.32. The second-order valence-electron chi connectivity index (χ2n) is 7.31. The van der Waals surface area contributed by atoms with E-state index in [1.807, 2.05) is 6.92 Å². The highest BCUT2D eigenvalue weighted by Gasteiger charge is 2.31. The summed E-state index contributed by atoms with van der Waals surface area (Å²) in [6, 6.07) is 14.8. The predicted molar refractivity (Wildman–Crippen MR) is 111 cm³/mol. The number of halogens is 1. The van der Waals surface area contributed by atoms with E-state index in [-0.39, 0.29) is 17.7 Å². The first-order chi connectivity index (χ1) is 14.1. The third-order valence-corrected chi connectivity index (χ3v) is 6.59. The third-order valence-electron chi connectivity index (χ3n) is 5.52. The maximum absolute atomic E-state index is 13.6. The summed E-state index contributed by atoms with van der Waals surface area (Å²) in [7, 11) is 0. The SMILES string of the molecule is CCc1nc2sc(C(c3ccc(F)cc3)N3CCc4ccccc4C3)c(O)n2n1. The Bertz CT molecular complexity index is 1170. The lowest BCUT2D eigenvalue weighted by atomic mass is 9.96. The van der Waals surface area contributed by atoms with E-state index in [0.29, 0.717) is 17.2 Å². The normalized spacial score (nSPS) is 15.5. The first kappa shape index (κ1) is 18.3. The van der Waals surface area contributed by atoms with Gasteiger partial charge in [-0.05, 0) is 35.2 Å². The molecule has 2 aromatic heterocycles. The average Bonchev–Trinajstić information content (AvgIpc) is 3.29. The second kappa shape index (κ2) is 7.24. The minimum absolute atomic E-state index is 0.116. The van der Waals surface area contributed by atoms with E-state index in [2.05, 4.69) is 39.2 Å². The number of fused-ring (bicyclic) bond motifs is 2. The van der Waals surface area contributed by atoms with Crippen LogP contribution in [0.15, 0.2) is 48.5 Å². The first-order valence-electron chi connectivity index (χ1n) is 9.77. The lowest BCUT2D eigenvalue weighted by Crippen LogP contribution is -2.34. The van der Waals surface area contributed by atoms with Gasteiger partial charge in [-0.3, -0.25) is 4.90 Å². The molecule has 7 heteroatoms. The largest absolute Gasteiger partial charge is 0.492 e. The molecule has 5 rings (SSSR count). The maximum Gasteiger partial charge on any atom is 0.230 e. The monoisotopic (exact) mass is 408 g/mol. The summed E-state index contributed by atoms with van der Waals surface area (Å²) >= 11 is 1.45. The van der Waals surface area contributed by atoms with Crippen LogP contribution in [0, 0.1) is 5.82 Å². The average molecular weight is 409 g/mol. The van der Waals surface area contributed by atoms with E-state index in [0.717, 1.165) is 30.0 Å². The van der Waals surface area contributed by atoms with Gasteiger partial charge in [-0.1, -0.05) is 54.7 Å². The van der Waals surface area contributed by atoms with Crippen molar-refractivity contribution in [3.05, 3.63) is 81.7 Å². The van der Waals surface area contributed by atoms with Crippen LogP contribution in [0.1, 0.15) is 40.4 Å². The molecule has 1 aliphatic rings. The molecule has 0 saturated heterocycles. The minimum Gasteiger partial charge on any atom is -0.492 e. The fraction of sp³-hybridized carbons (Fsp3) is 0.273. The van der Waals surface area contributed by atoms with Gasteiger partial charge in [0.05, 0.1) is 10.9 Å². The van der Waals surface area contributed by atoms with Gasteiger partial charge >= 0.3 is 0 Å². The van der Waals surface area contributed by atoms with Crippen molar-refractivity contribution in [2.75, 3.05) is 6.54 Å². The van der Waals surface area contributed by atoms with E-state index < -0.39 is 0 Å². The molecular weight excluding hydrogens is 387 g/mol. The molecule has 0 radical (unpaired) electrons. The topological polar surface area (TPSA) is 53.7 Å². The van der Waals surface area contributed by atoms with Gasteiger partial charge in [0.25, 0.3) is 0 Å². The Balaban J connectivity index is 1.61. The standard InChI is InChI=1S/C22H21FN4OS/c1-2-18-24-22-27(25-18)21(28)20(29-22)19(15-7-9-17(23)10-8-15)26-12-11-14-5-3-4-6-16(14)13-26/h3-10,19,28H,2,11-13H2,1H3. The Morgan fingerprint density at radius 1 is 1.14 bits per heavy atom. The molecule has 0 saturated carbocycles. The van der Waals surface area contributed by atoms with Crippen molar-refractivity contribution in [2.24, 2.45) is 0 Å². The molecule has 0 fully saturated rings. The van der Waals surface area contributed by atoms with Crippen LogP contribution in [0.3, 0.4) is 0 Å². The number of aryl methyl sites for hydroxylation is 1. The third kappa shape index (κ3) is 3.20. The van der Waals surface area contributed by atoms with Gasteiger partial charge in [-0.25, -0.2) is 9.37 Å². The molecule has 4 aromatic rings. The Hall–Kier alpha value is -2.77. The van der Waals surface area contributed by atoms with Crippen molar-refractivity contribution in [1.82, 2.24) is 19.5 Å². The zero-order valence-corrected chi connectivity index (χ0v) is 16.9. The second-order valence-corrected chi connectivity index (χ2v) is 8.32. The molecule has 29 heavy (non-hydrogen) atoms. The van der Waals surface area contributed by atoms with Gasteiger partial charge in [0, 0.05) is 19.5 Å². The van der Waals surface area contributed by atoms with Gasteiger partial charge in [0.1, 0.15) is 5.82 Å². The molecule has 5 nitrogen and oxygen atoms in total. The van der Waals surface area contributed by atoms with Crippen LogP contribution in [0.25, 0.3) is 4.96 Å². The molecule has 0 aliphatic carbocycles. The van der Waals surface area contributed by atoms with Crippen molar-refractivity contribution < 1.29 is 9.50 Å². The van der Waals surface area contributed by atoms with Crippen molar-refractivity contribution in [3.8, 4) is 5.88 Å². The van der Waals surface area contributed by atoms with Crippen molar-refractivity contribution >= 4 is 16.3 Å². The van der Waals surface area contributed by atoms with Crippen LogP contribution in [-0.4, -0.2) is 31.1 Å². The summed E-state index contributed by atoms with van der Waals surface area (Å²) in [6.07, 6.45) is 1.66. The highest BCUT2D eigenvalue weighted by atomic mass is 32.1. The summed E-state index contributed by atoms with van der Waals surface area (Å²) < 4.78 is 15.1. The van der Waals surface area contributed by atoms with Crippen LogP contribution in [0.5, 0.6) is 5.88 Å². The Morgan fingerprint density at radius 3 is 2.62 bits per heavy atom.